The zero-order valence-electron chi connectivity index (χ0n) is 18.6. The molecule has 1 fully saturated rings. The summed E-state index contributed by atoms with van der Waals surface area (Å²) in [6.07, 6.45) is 2.49. The first-order valence-electron chi connectivity index (χ1n) is 10.2. The van der Waals surface area contributed by atoms with Crippen molar-refractivity contribution in [3.8, 4) is 5.75 Å². The Labute approximate surface area is 196 Å². The number of ether oxygens (including phenoxy) is 1. The van der Waals surface area contributed by atoms with Crippen molar-refractivity contribution in [2.75, 3.05) is 32.1 Å². The molecule has 172 valence electrons. The molecule has 2 atom stereocenters. The van der Waals surface area contributed by atoms with Crippen LogP contribution in [0.25, 0.3) is 0 Å². The molecule has 3 rings (SSSR count). The van der Waals surface area contributed by atoms with Crippen molar-refractivity contribution in [3.05, 3.63) is 42.1 Å². The molecule has 10 heteroatoms. The third-order valence-corrected chi connectivity index (χ3v) is 7.38. The van der Waals surface area contributed by atoms with E-state index in [1.165, 1.54) is 36.1 Å². The highest BCUT2D eigenvalue weighted by atomic mass is 32.2. The first-order valence-corrected chi connectivity index (χ1v) is 11.8. The molecule has 1 unspecified atom stereocenters. The molecule has 0 aliphatic carbocycles. The predicted molar refractivity (Wildman–Crippen MR) is 127 cm³/mol. The second kappa shape index (κ2) is 10.5. The van der Waals surface area contributed by atoms with E-state index in [0.29, 0.717) is 36.1 Å². The minimum atomic E-state index is -0.714. The van der Waals surface area contributed by atoms with Gasteiger partial charge in [0.15, 0.2) is 5.13 Å². The fraction of sp³-hybridized carbons (Fsp3) is 0.409. The molecule has 0 radical (unpaired) electrons. The number of thiazole rings is 1. The number of rotatable bonds is 7. The second-order valence-electron chi connectivity index (χ2n) is 7.58. The standard InChI is InChI=1S/C22H28N4O4S2/c1-6-19(28)25-7-8-26(14(3)12-25)21(29)16-10-18(13(2)9-17(16)30-5)31-20-11-23-22(32-20)24-15(4)27/h6,9-11,14,19,28H,1,7-8,12H2,2-5H3,(H,23,24,27)/t14-,19?/m1/s1. The molecule has 8 nitrogen and oxygen atoms in total. The lowest BCUT2D eigenvalue weighted by molar-refractivity contribution is -0.114. The molecule has 32 heavy (non-hydrogen) atoms. The van der Waals surface area contributed by atoms with Crippen molar-refractivity contribution in [2.45, 2.75) is 42.1 Å². The summed E-state index contributed by atoms with van der Waals surface area (Å²) in [5.41, 5.74) is 1.47. The van der Waals surface area contributed by atoms with E-state index in [0.717, 1.165) is 14.7 Å². The molecule has 0 spiro atoms. The molecule has 1 aliphatic rings. The van der Waals surface area contributed by atoms with Crippen LogP contribution in [0.4, 0.5) is 5.13 Å². The molecule has 2 N–H and O–H groups in total. The number of aliphatic hydroxyl groups is 1. The lowest BCUT2D eigenvalue weighted by atomic mass is 10.1. The van der Waals surface area contributed by atoms with Crippen LogP contribution in [0, 0.1) is 6.92 Å². The van der Waals surface area contributed by atoms with Crippen LogP contribution in [-0.2, 0) is 4.79 Å². The number of aliphatic hydroxyl groups excluding tert-OH is 1. The van der Waals surface area contributed by atoms with Gasteiger partial charge in [0.2, 0.25) is 5.91 Å². The van der Waals surface area contributed by atoms with Crippen molar-refractivity contribution in [2.24, 2.45) is 0 Å². The largest absolute Gasteiger partial charge is 0.496 e. The van der Waals surface area contributed by atoms with Gasteiger partial charge in [-0.15, -0.1) is 0 Å². The maximum absolute atomic E-state index is 13.5. The van der Waals surface area contributed by atoms with Gasteiger partial charge in [0, 0.05) is 37.5 Å². The van der Waals surface area contributed by atoms with Crippen LogP contribution >= 0.6 is 23.1 Å². The van der Waals surface area contributed by atoms with E-state index < -0.39 is 6.23 Å². The highest BCUT2D eigenvalue weighted by molar-refractivity contribution is 8.01. The normalized spacial score (nSPS) is 17.7. The summed E-state index contributed by atoms with van der Waals surface area (Å²) < 4.78 is 6.43. The molecule has 1 aromatic carbocycles. The van der Waals surface area contributed by atoms with Crippen molar-refractivity contribution in [1.82, 2.24) is 14.8 Å². The van der Waals surface area contributed by atoms with Crippen molar-refractivity contribution < 1.29 is 19.4 Å². The summed E-state index contributed by atoms with van der Waals surface area (Å²) >= 11 is 2.87. The van der Waals surface area contributed by atoms with Gasteiger partial charge < -0.3 is 20.1 Å². The molecular formula is C22H28N4O4S2. The third kappa shape index (κ3) is 5.50. The average Bonchev–Trinajstić information content (AvgIpc) is 3.19. The maximum Gasteiger partial charge on any atom is 0.257 e. The zero-order valence-corrected chi connectivity index (χ0v) is 20.3. The summed E-state index contributed by atoms with van der Waals surface area (Å²) in [6.45, 7) is 10.6. The monoisotopic (exact) mass is 476 g/mol. The van der Waals surface area contributed by atoms with Gasteiger partial charge in [-0.1, -0.05) is 29.7 Å². The van der Waals surface area contributed by atoms with E-state index in [-0.39, 0.29) is 17.9 Å². The van der Waals surface area contributed by atoms with Gasteiger partial charge in [-0.05, 0) is 37.6 Å². The van der Waals surface area contributed by atoms with E-state index in [9.17, 15) is 14.7 Å². The van der Waals surface area contributed by atoms with Gasteiger partial charge in [-0.25, -0.2) is 4.98 Å². The Hall–Kier alpha value is -2.40. The molecule has 2 amide bonds. The number of carbonyl (C=O) groups is 2. The van der Waals surface area contributed by atoms with Crippen molar-refractivity contribution in [1.29, 1.82) is 0 Å². The van der Waals surface area contributed by atoms with E-state index in [2.05, 4.69) is 16.9 Å². The summed E-state index contributed by atoms with van der Waals surface area (Å²) in [4.78, 5) is 33.5. The minimum absolute atomic E-state index is 0.0744. The van der Waals surface area contributed by atoms with E-state index in [4.69, 9.17) is 4.74 Å². The second-order valence-corrected chi connectivity index (χ2v) is 9.95. The molecule has 1 aromatic heterocycles. The SMILES string of the molecule is C=CC(O)N1CCN(C(=O)c2cc(Sc3cnc(NC(C)=O)s3)c(C)cc2OC)[C@H](C)C1. The Morgan fingerprint density at radius 3 is 2.81 bits per heavy atom. The molecule has 1 saturated heterocycles. The van der Waals surface area contributed by atoms with Gasteiger partial charge in [-0.2, -0.15) is 0 Å². The van der Waals surface area contributed by atoms with Gasteiger partial charge in [0.1, 0.15) is 12.0 Å². The van der Waals surface area contributed by atoms with Crippen LogP contribution in [0.5, 0.6) is 5.75 Å². The summed E-state index contributed by atoms with van der Waals surface area (Å²) in [5.74, 6) is 0.257. The summed E-state index contributed by atoms with van der Waals surface area (Å²) in [7, 11) is 1.56. The van der Waals surface area contributed by atoms with Crippen LogP contribution in [0.15, 0.2) is 40.1 Å². The molecule has 2 aromatic rings. The molecule has 1 aliphatic heterocycles. The Morgan fingerprint density at radius 1 is 1.44 bits per heavy atom. The van der Waals surface area contributed by atoms with Crippen molar-refractivity contribution in [3.63, 3.8) is 0 Å². The smallest absolute Gasteiger partial charge is 0.257 e. The number of anilines is 1. The highest BCUT2D eigenvalue weighted by Crippen LogP contribution is 2.38. The number of aromatic nitrogens is 1. The number of nitrogens with zero attached hydrogens (tertiary/aromatic N) is 3. The predicted octanol–water partition coefficient (Wildman–Crippen LogP) is 3.22. The van der Waals surface area contributed by atoms with Gasteiger partial charge in [0.25, 0.3) is 5.91 Å². The Kier molecular flexibility index (Phi) is 7.94. The highest BCUT2D eigenvalue weighted by Gasteiger charge is 2.31. The molecule has 0 bridgehead atoms. The fourth-order valence-electron chi connectivity index (χ4n) is 3.56. The van der Waals surface area contributed by atoms with Gasteiger partial charge >= 0.3 is 0 Å². The van der Waals surface area contributed by atoms with Crippen LogP contribution < -0.4 is 10.1 Å². The van der Waals surface area contributed by atoms with Crippen LogP contribution in [0.2, 0.25) is 0 Å². The Bertz CT molecular complexity index is 1010. The molecule has 0 saturated carbocycles. The number of benzene rings is 1. The third-order valence-electron chi connectivity index (χ3n) is 5.21. The maximum atomic E-state index is 13.5. The number of nitrogens with one attached hydrogen (secondary N) is 1. The number of carbonyl (C=O) groups excluding carboxylic acids is 2. The van der Waals surface area contributed by atoms with Gasteiger partial charge in [0.05, 0.1) is 23.1 Å². The number of piperazine rings is 1. The summed E-state index contributed by atoms with van der Waals surface area (Å²) in [6, 6.07) is 3.65. The number of hydrogen-bond donors (Lipinski definition) is 2. The van der Waals surface area contributed by atoms with Crippen LogP contribution in [0.1, 0.15) is 29.8 Å². The zero-order chi connectivity index (χ0) is 23.4. The van der Waals surface area contributed by atoms with E-state index >= 15 is 0 Å². The quantitative estimate of drug-likeness (QED) is 0.593. The first kappa shape index (κ1) is 24.2. The lowest BCUT2D eigenvalue weighted by Gasteiger charge is -2.41. The lowest BCUT2D eigenvalue weighted by Crippen LogP contribution is -2.56. The molecule has 2 heterocycles. The van der Waals surface area contributed by atoms with Gasteiger partial charge in [-0.3, -0.25) is 14.5 Å². The topological polar surface area (TPSA) is 95.0 Å². The van der Waals surface area contributed by atoms with Crippen LogP contribution in [0.3, 0.4) is 0 Å². The number of methoxy groups -OCH3 is 1. The number of hydrogen-bond acceptors (Lipinski definition) is 8. The first-order chi connectivity index (χ1) is 15.2. The fourth-order valence-corrected chi connectivity index (χ4v) is 5.55. The minimum Gasteiger partial charge on any atom is -0.496 e. The van der Waals surface area contributed by atoms with Crippen molar-refractivity contribution >= 4 is 40.0 Å². The van der Waals surface area contributed by atoms with Crippen LogP contribution in [-0.4, -0.2) is 70.7 Å². The van der Waals surface area contributed by atoms with E-state index in [1.54, 1.807) is 13.3 Å². The Balaban J connectivity index is 1.83. The van der Waals surface area contributed by atoms with E-state index in [1.807, 2.05) is 35.8 Å². The average molecular weight is 477 g/mol. The number of amides is 2. The molecular weight excluding hydrogens is 448 g/mol. The summed E-state index contributed by atoms with van der Waals surface area (Å²) in [5, 5.41) is 13.3. The number of aryl methyl sites for hydroxylation is 1. The Morgan fingerprint density at radius 2 is 2.19 bits per heavy atom.